The summed E-state index contributed by atoms with van der Waals surface area (Å²) in [5.74, 6) is 0. The summed E-state index contributed by atoms with van der Waals surface area (Å²) in [6.45, 7) is 11.9. The Morgan fingerprint density at radius 2 is 0.882 bits per heavy atom. The predicted octanol–water partition coefficient (Wildman–Crippen LogP) is 19.6. The van der Waals surface area contributed by atoms with Crippen LogP contribution in [0.15, 0.2) is 261 Å². The van der Waals surface area contributed by atoms with Gasteiger partial charge in [0.2, 0.25) is 0 Å². The third kappa shape index (κ3) is 6.87. The normalized spacial score (nSPS) is 13.8. The second-order valence-corrected chi connectivity index (χ2v) is 22.4. The number of hydrogen-bond donors (Lipinski definition) is 0. The van der Waals surface area contributed by atoms with Crippen molar-refractivity contribution in [3.8, 4) is 50.2 Å². The zero-order chi connectivity index (χ0) is 51.3. The third-order valence-electron chi connectivity index (χ3n) is 16.8. The molecule has 2 nitrogen and oxygen atoms in total. The Hall–Kier alpha value is -8.98. The van der Waals surface area contributed by atoms with Crippen molar-refractivity contribution >= 4 is 38.9 Å². The van der Waals surface area contributed by atoms with Crippen molar-refractivity contribution in [3.05, 3.63) is 300 Å². The second-order valence-electron chi connectivity index (χ2n) is 22.4. The van der Waals surface area contributed by atoms with E-state index in [2.05, 4.69) is 305 Å². The molecule has 0 amide bonds. The van der Waals surface area contributed by atoms with Gasteiger partial charge in [0.25, 0.3) is 0 Å². The highest BCUT2D eigenvalue weighted by molar-refractivity contribution is 6.11. The Morgan fingerprint density at radius 1 is 0.355 bits per heavy atom. The van der Waals surface area contributed by atoms with E-state index in [1.807, 2.05) is 0 Å². The molecule has 1 heterocycles. The Labute approximate surface area is 446 Å². The monoisotopic (exact) mass is 974 g/mol. The first-order valence-electron chi connectivity index (χ1n) is 26.8. The highest BCUT2D eigenvalue weighted by Gasteiger charge is 2.48. The molecule has 364 valence electrons. The van der Waals surface area contributed by atoms with Gasteiger partial charge in [0.1, 0.15) is 0 Å². The van der Waals surface area contributed by atoms with Gasteiger partial charge in [-0.05, 0) is 156 Å². The molecule has 0 fully saturated rings. The van der Waals surface area contributed by atoms with Gasteiger partial charge in [-0.15, -0.1) is 0 Å². The molecule has 2 heteroatoms. The van der Waals surface area contributed by atoms with E-state index in [1.165, 1.54) is 105 Å². The topological polar surface area (TPSA) is 8.17 Å². The minimum atomic E-state index is -0.661. The predicted molar refractivity (Wildman–Crippen MR) is 320 cm³/mol. The Morgan fingerprint density at radius 3 is 1.57 bits per heavy atom. The van der Waals surface area contributed by atoms with Gasteiger partial charge in [-0.25, -0.2) is 0 Å². The molecule has 76 heavy (non-hydrogen) atoms. The average Bonchev–Trinajstić information content (AvgIpc) is 4.27. The van der Waals surface area contributed by atoms with Gasteiger partial charge in [0.05, 0.1) is 16.4 Å². The van der Waals surface area contributed by atoms with Crippen molar-refractivity contribution in [3.63, 3.8) is 0 Å². The lowest BCUT2D eigenvalue weighted by Gasteiger charge is -2.35. The molecule has 1 aromatic heterocycles. The number of benzene rings is 11. The summed E-state index contributed by atoms with van der Waals surface area (Å²) in [6.07, 6.45) is 0. The highest BCUT2D eigenvalue weighted by atomic mass is 15.1. The van der Waals surface area contributed by atoms with Gasteiger partial charge in [0, 0.05) is 38.9 Å². The number of aromatic nitrogens is 1. The molecule has 0 spiro atoms. The average molecular weight is 975 g/mol. The van der Waals surface area contributed by atoms with Crippen LogP contribution in [0.5, 0.6) is 0 Å². The van der Waals surface area contributed by atoms with Crippen LogP contribution < -0.4 is 4.90 Å². The lowest BCUT2D eigenvalue weighted by Crippen LogP contribution is -2.29. The van der Waals surface area contributed by atoms with E-state index in [0.29, 0.717) is 0 Å². The summed E-state index contributed by atoms with van der Waals surface area (Å²) >= 11 is 0. The van der Waals surface area contributed by atoms with E-state index in [4.69, 9.17) is 0 Å². The number of anilines is 3. The lowest BCUT2D eigenvalue weighted by molar-refractivity contribution is 0.591. The van der Waals surface area contributed by atoms with E-state index < -0.39 is 5.41 Å². The molecule has 0 bridgehead atoms. The van der Waals surface area contributed by atoms with Crippen molar-refractivity contribution in [2.45, 2.75) is 50.9 Å². The fourth-order valence-electron chi connectivity index (χ4n) is 13.3. The van der Waals surface area contributed by atoms with Crippen LogP contribution in [0.1, 0.15) is 73.6 Å². The van der Waals surface area contributed by atoms with Crippen LogP contribution in [0.4, 0.5) is 17.1 Å². The molecule has 11 aromatic carbocycles. The number of fused-ring (bicyclic) bond motifs is 9. The zero-order valence-electron chi connectivity index (χ0n) is 43.7. The van der Waals surface area contributed by atoms with Gasteiger partial charge < -0.3 is 9.47 Å². The summed E-state index contributed by atoms with van der Waals surface area (Å²) in [4.78, 5) is 2.50. The fraction of sp³-hybridized carbons (Fsp3) is 0.108. The van der Waals surface area contributed by atoms with Crippen LogP contribution in [-0.2, 0) is 16.2 Å². The number of rotatable bonds is 8. The van der Waals surface area contributed by atoms with Crippen LogP contribution in [0.3, 0.4) is 0 Å². The molecule has 0 radical (unpaired) electrons. The van der Waals surface area contributed by atoms with Crippen molar-refractivity contribution in [1.82, 2.24) is 4.57 Å². The molecule has 0 unspecified atom stereocenters. The first-order chi connectivity index (χ1) is 37.1. The molecular weight excluding hydrogens is 917 g/mol. The van der Waals surface area contributed by atoms with E-state index in [1.54, 1.807) is 0 Å². The molecule has 0 atom stereocenters. The molecule has 0 N–H and O–H groups in total. The third-order valence-corrected chi connectivity index (χ3v) is 16.8. The standard InChI is InChI=1S/C74H58N2/c1-72(2,3)64-43-44-65-71(70(64)51-36-45-69-62(46-51)60-31-19-21-33-68(60)76(69)54-28-16-9-17-29-54)61-42-40-57(48-67(61)74(65,52-24-12-7-13-25-52)53-26-14-8-15-27-53)75(55-37-34-50(35-38-55)49-22-10-6-11-23-49)56-39-41-59-58-30-18-20-32-63(58)73(4,5)66(59)47-56/h6-48H,1-5H3. The van der Waals surface area contributed by atoms with Crippen molar-refractivity contribution in [2.24, 2.45) is 0 Å². The maximum Gasteiger partial charge on any atom is 0.0714 e. The van der Waals surface area contributed by atoms with E-state index in [-0.39, 0.29) is 10.8 Å². The largest absolute Gasteiger partial charge is 0.310 e. The van der Waals surface area contributed by atoms with Crippen LogP contribution in [0.2, 0.25) is 0 Å². The second kappa shape index (κ2) is 17.3. The highest BCUT2D eigenvalue weighted by Crippen LogP contribution is 2.61. The Balaban J connectivity index is 1.05. The van der Waals surface area contributed by atoms with Gasteiger partial charge in [0.15, 0.2) is 0 Å². The van der Waals surface area contributed by atoms with Gasteiger partial charge in [-0.1, -0.05) is 229 Å². The van der Waals surface area contributed by atoms with Crippen LogP contribution in [0, 0.1) is 0 Å². The van der Waals surface area contributed by atoms with Gasteiger partial charge >= 0.3 is 0 Å². The minimum Gasteiger partial charge on any atom is -0.310 e. The number of hydrogen-bond acceptors (Lipinski definition) is 1. The SMILES string of the molecule is CC(C)(C)c1ccc2c(c1-c1ccc3c(c1)c1ccccc1n3-c1ccccc1)-c1ccc(N(c3ccc(-c4ccccc4)cc3)c3ccc4c(c3)C(C)(C)c3ccccc3-4)cc1C2(c1ccccc1)c1ccccc1. The Kier molecular flexibility index (Phi) is 10.4. The lowest BCUT2D eigenvalue weighted by atomic mass is 9.67. The van der Waals surface area contributed by atoms with E-state index >= 15 is 0 Å². The maximum atomic E-state index is 2.53. The molecule has 2 aliphatic rings. The summed E-state index contributed by atoms with van der Waals surface area (Å²) in [7, 11) is 0. The van der Waals surface area contributed by atoms with Gasteiger partial charge in [-0.2, -0.15) is 0 Å². The van der Waals surface area contributed by atoms with E-state index in [9.17, 15) is 0 Å². The minimum absolute atomic E-state index is 0.166. The molecule has 2 aliphatic carbocycles. The maximum absolute atomic E-state index is 2.53. The summed E-state index contributed by atoms with van der Waals surface area (Å²) < 4.78 is 2.42. The van der Waals surface area contributed by atoms with Crippen LogP contribution >= 0.6 is 0 Å². The quantitative estimate of drug-likeness (QED) is 0.147. The number of para-hydroxylation sites is 2. The van der Waals surface area contributed by atoms with E-state index in [0.717, 1.165) is 22.7 Å². The number of nitrogens with zero attached hydrogens (tertiary/aromatic N) is 2. The first-order valence-corrected chi connectivity index (χ1v) is 26.8. The van der Waals surface area contributed by atoms with Crippen molar-refractivity contribution in [1.29, 1.82) is 0 Å². The van der Waals surface area contributed by atoms with Crippen molar-refractivity contribution in [2.75, 3.05) is 4.90 Å². The fourth-order valence-corrected chi connectivity index (χ4v) is 13.3. The molecule has 12 aromatic rings. The first kappa shape index (κ1) is 45.6. The summed E-state index contributed by atoms with van der Waals surface area (Å²) in [5.41, 5.74) is 25.1. The smallest absolute Gasteiger partial charge is 0.0714 e. The zero-order valence-corrected chi connectivity index (χ0v) is 43.7. The summed E-state index contributed by atoms with van der Waals surface area (Å²) in [5, 5.41) is 2.49. The Bertz CT molecular complexity index is 4160. The molecule has 0 saturated heterocycles. The summed E-state index contributed by atoms with van der Waals surface area (Å²) in [6, 6.07) is 97.7. The molecular formula is C74H58N2. The molecule has 14 rings (SSSR count). The van der Waals surface area contributed by atoms with Crippen LogP contribution in [0.25, 0.3) is 72.0 Å². The molecule has 0 aliphatic heterocycles. The van der Waals surface area contributed by atoms with Gasteiger partial charge in [-0.3, -0.25) is 0 Å². The van der Waals surface area contributed by atoms with Crippen molar-refractivity contribution < 1.29 is 0 Å². The van der Waals surface area contributed by atoms with Crippen LogP contribution in [-0.4, -0.2) is 4.57 Å². The molecule has 0 saturated carbocycles.